The molecule has 4 N–H and O–H groups in total. The summed E-state index contributed by atoms with van der Waals surface area (Å²) in [6, 6.07) is 7.46. The molecule has 2 amide bonds. The minimum absolute atomic E-state index is 0.0638. The minimum atomic E-state index is -0.347. The van der Waals surface area contributed by atoms with Crippen LogP contribution in [-0.2, 0) is 44.1 Å². The van der Waals surface area contributed by atoms with Gasteiger partial charge < -0.3 is 10.2 Å². The third kappa shape index (κ3) is 7.75. The van der Waals surface area contributed by atoms with E-state index in [2.05, 4.69) is 10.9 Å². The van der Waals surface area contributed by atoms with Gasteiger partial charge in [0, 0.05) is 0 Å². The molecule has 0 aliphatic carbocycles. The minimum Gasteiger partial charge on any atom is -0.507 e. The van der Waals surface area contributed by atoms with Crippen molar-refractivity contribution >= 4 is 11.8 Å². The van der Waals surface area contributed by atoms with Gasteiger partial charge in [0.15, 0.2) is 0 Å². The lowest BCUT2D eigenvalue weighted by Gasteiger charge is -2.28. The van der Waals surface area contributed by atoms with Crippen LogP contribution in [0.1, 0.15) is 116 Å². The van der Waals surface area contributed by atoms with Gasteiger partial charge >= 0.3 is 0 Å². The number of nitrogens with one attached hydrogen (secondary N) is 2. The van der Waals surface area contributed by atoms with E-state index in [1.165, 1.54) is 0 Å². The number of benzene rings is 2. The fourth-order valence-corrected chi connectivity index (χ4v) is 4.48. The molecule has 0 fully saturated rings. The monoisotopic (exact) mass is 524 g/mol. The molecule has 0 unspecified atom stereocenters. The Labute approximate surface area is 229 Å². The lowest BCUT2D eigenvalue weighted by molar-refractivity contribution is -0.128. The first-order valence-corrected chi connectivity index (χ1v) is 13.3. The van der Waals surface area contributed by atoms with E-state index in [0.29, 0.717) is 0 Å². The number of hydrogen-bond donors (Lipinski definition) is 4. The van der Waals surface area contributed by atoms with Gasteiger partial charge in [-0.3, -0.25) is 20.4 Å². The predicted octanol–water partition coefficient (Wildman–Crippen LogP) is 6.22. The predicted molar refractivity (Wildman–Crippen MR) is 155 cm³/mol. The number of hydrogen-bond acceptors (Lipinski definition) is 4. The Hall–Kier alpha value is -3.02. The van der Waals surface area contributed by atoms with Crippen LogP contribution in [0.2, 0.25) is 0 Å². The molecule has 38 heavy (non-hydrogen) atoms. The van der Waals surface area contributed by atoms with Crippen molar-refractivity contribution in [3.8, 4) is 11.5 Å². The largest absolute Gasteiger partial charge is 0.507 e. The Morgan fingerprint density at radius 3 is 0.921 bits per heavy atom. The fourth-order valence-electron chi connectivity index (χ4n) is 4.48. The number of phenols is 2. The Morgan fingerprint density at radius 2 is 0.737 bits per heavy atom. The highest BCUT2D eigenvalue weighted by atomic mass is 16.3. The lowest BCUT2D eigenvalue weighted by Crippen LogP contribution is -2.43. The smallest absolute Gasteiger partial charge is 0.242 e. The van der Waals surface area contributed by atoms with Crippen molar-refractivity contribution in [2.75, 3.05) is 0 Å². The molecule has 0 aliphatic rings. The van der Waals surface area contributed by atoms with Crippen LogP contribution in [0.25, 0.3) is 0 Å². The molecule has 6 heteroatoms. The van der Waals surface area contributed by atoms with Crippen molar-refractivity contribution in [2.24, 2.45) is 0 Å². The van der Waals surface area contributed by atoms with Crippen LogP contribution in [-0.4, -0.2) is 22.0 Å². The molecule has 0 aromatic heterocycles. The van der Waals surface area contributed by atoms with Crippen LogP contribution in [0.4, 0.5) is 0 Å². The molecule has 0 spiro atoms. The van der Waals surface area contributed by atoms with Gasteiger partial charge in [-0.25, -0.2) is 0 Å². The average molecular weight is 525 g/mol. The summed E-state index contributed by atoms with van der Waals surface area (Å²) in [5, 5.41) is 21.8. The van der Waals surface area contributed by atoms with Crippen LogP contribution < -0.4 is 10.9 Å². The zero-order chi connectivity index (χ0) is 29.4. The maximum absolute atomic E-state index is 12.8. The summed E-state index contributed by atoms with van der Waals surface area (Å²) in [5.74, 6) is -0.165. The molecular weight excluding hydrogens is 476 g/mol. The van der Waals surface area contributed by atoms with Gasteiger partial charge in [0.1, 0.15) is 11.5 Å². The van der Waals surface area contributed by atoms with E-state index in [4.69, 9.17) is 0 Å². The second-order valence-electron chi connectivity index (χ2n) is 14.5. The van der Waals surface area contributed by atoms with E-state index >= 15 is 0 Å². The summed E-state index contributed by atoms with van der Waals surface area (Å²) in [5.41, 5.74) is 8.55. The fraction of sp³-hybridized carbons (Fsp3) is 0.562. The van der Waals surface area contributed by atoms with Crippen LogP contribution in [0.15, 0.2) is 24.3 Å². The summed E-state index contributed by atoms with van der Waals surface area (Å²) in [4.78, 5) is 25.5. The summed E-state index contributed by atoms with van der Waals surface area (Å²) < 4.78 is 0. The third-order valence-corrected chi connectivity index (χ3v) is 6.64. The molecule has 210 valence electrons. The summed E-state index contributed by atoms with van der Waals surface area (Å²) in [6.45, 7) is 24.3. The molecule has 2 aromatic rings. The van der Waals surface area contributed by atoms with Gasteiger partial charge in [-0.05, 0) is 55.0 Å². The van der Waals surface area contributed by atoms with Crippen molar-refractivity contribution in [3.63, 3.8) is 0 Å². The number of carbonyl (C=O) groups excluding carboxylic acids is 2. The normalized spacial score (nSPS) is 12.8. The number of amides is 2. The van der Waals surface area contributed by atoms with Crippen molar-refractivity contribution in [1.29, 1.82) is 0 Å². The molecule has 6 nitrogen and oxygen atoms in total. The first-order chi connectivity index (χ1) is 17.0. The molecule has 0 saturated heterocycles. The van der Waals surface area contributed by atoms with E-state index in [9.17, 15) is 19.8 Å². The van der Waals surface area contributed by atoms with E-state index in [1.807, 2.05) is 107 Å². The number of phenolic OH excluding ortho intramolecular Hbond substituents is 2. The molecule has 0 heterocycles. The Balaban J connectivity index is 2.21. The number of rotatable bonds is 4. The Morgan fingerprint density at radius 1 is 0.526 bits per heavy atom. The molecule has 0 aliphatic heterocycles. The van der Waals surface area contributed by atoms with Crippen LogP contribution in [0.5, 0.6) is 11.5 Å². The summed E-state index contributed by atoms with van der Waals surface area (Å²) >= 11 is 0. The Kier molecular flexibility index (Phi) is 8.72. The molecule has 0 radical (unpaired) electrons. The summed E-state index contributed by atoms with van der Waals surface area (Å²) in [6.07, 6.45) is 0.128. The van der Waals surface area contributed by atoms with Crippen LogP contribution in [0.3, 0.4) is 0 Å². The lowest BCUT2D eigenvalue weighted by atomic mass is 9.78. The highest BCUT2D eigenvalue weighted by Crippen LogP contribution is 2.41. The zero-order valence-electron chi connectivity index (χ0n) is 25.4. The topological polar surface area (TPSA) is 98.7 Å². The molecule has 0 atom stereocenters. The quantitative estimate of drug-likeness (QED) is 0.357. The van der Waals surface area contributed by atoms with Crippen LogP contribution in [0, 0.1) is 0 Å². The summed E-state index contributed by atoms with van der Waals surface area (Å²) in [7, 11) is 0. The van der Waals surface area contributed by atoms with Gasteiger partial charge in [0.25, 0.3) is 0 Å². The molecule has 2 rings (SSSR count). The standard InChI is InChI=1S/C32H48N2O4/c1-29(2,3)21-13-19(14-22(27(21)37)30(4,5)6)17-25(35)33-34-26(36)18-20-15-23(31(7,8)9)28(38)24(16-20)32(10,11)12/h13-16,37-38H,17-18H2,1-12H3,(H,33,35)(H,34,36). The van der Waals surface area contributed by atoms with Crippen molar-refractivity contribution in [1.82, 2.24) is 10.9 Å². The Bertz CT molecular complexity index is 1030. The number of aromatic hydroxyl groups is 2. The molecule has 0 bridgehead atoms. The van der Waals surface area contributed by atoms with E-state index in [1.54, 1.807) is 0 Å². The molecule has 2 aromatic carbocycles. The van der Waals surface area contributed by atoms with Crippen molar-refractivity contribution in [2.45, 2.75) is 118 Å². The zero-order valence-corrected chi connectivity index (χ0v) is 25.4. The average Bonchev–Trinajstić information content (AvgIpc) is 2.71. The number of hydrazine groups is 1. The van der Waals surface area contributed by atoms with E-state index in [-0.39, 0.29) is 57.8 Å². The maximum Gasteiger partial charge on any atom is 0.242 e. The van der Waals surface area contributed by atoms with Gasteiger partial charge in [-0.1, -0.05) is 107 Å². The third-order valence-electron chi connectivity index (χ3n) is 6.64. The second-order valence-corrected chi connectivity index (χ2v) is 14.5. The van der Waals surface area contributed by atoms with Gasteiger partial charge in [-0.15, -0.1) is 0 Å². The van der Waals surface area contributed by atoms with Crippen molar-refractivity contribution < 1.29 is 19.8 Å². The van der Waals surface area contributed by atoms with Gasteiger partial charge in [0.2, 0.25) is 11.8 Å². The second kappa shape index (κ2) is 10.6. The SMILES string of the molecule is CC(C)(C)c1cc(CC(=O)NNC(=O)Cc2cc(C(C)(C)C)c(O)c(C(C)(C)C)c2)cc(C(C)(C)C)c1O. The molecule has 0 saturated carbocycles. The van der Waals surface area contributed by atoms with Crippen molar-refractivity contribution in [3.05, 3.63) is 57.6 Å². The molecular formula is C32H48N2O4. The van der Waals surface area contributed by atoms with Crippen LogP contribution >= 0.6 is 0 Å². The first kappa shape index (κ1) is 31.2. The highest BCUT2D eigenvalue weighted by Gasteiger charge is 2.28. The van der Waals surface area contributed by atoms with Gasteiger partial charge in [0.05, 0.1) is 12.8 Å². The van der Waals surface area contributed by atoms with Gasteiger partial charge in [-0.2, -0.15) is 0 Å². The maximum atomic E-state index is 12.8. The number of carbonyl (C=O) groups is 2. The van der Waals surface area contributed by atoms with E-state index < -0.39 is 0 Å². The van der Waals surface area contributed by atoms with E-state index in [0.717, 1.165) is 33.4 Å². The first-order valence-electron chi connectivity index (χ1n) is 13.3. The highest BCUT2D eigenvalue weighted by molar-refractivity contribution is 5.84.